The Labute approximate surface area is 134 Å². The van der Waals surface area contributed by atoms with E-state index in [9.17, 15) is 5.11 Å². The van der Waals surface area contributed by atoms with Gasteiger partial charge in [0.1, 0.15) is 18.2 Å². The maximum absolute atomic E-state index is 10.5. The number of aliphatic hydroxyl groups is 1. The lowest BCUT2D eigenvalue weighted by atomic mass is 9.78. The molecular formula is C19H29N2O+. The summed E-state index contributed by atoms with van der Waals surface area (Å²) in [4.78, 5) is 5.75. The Balaban J connectivity index is 2.08. The Morgan fingerprint density at radius 3 is 2.73 bits per heavy atom. The van der Waals surface area contributed by atoms with E-state index in [1.165, 1.54) is 29.7 Å². The van der Waals surface area contributed by atoms with Gasteiger partial charge in [0.05, 0.1) is 6.54 Å². The van der Waals surface area contributed by atoms with E-state index in [0.29, 0.717) is 6.04 Å². The summed E-state index contributed by atoms with van der Waals surface area (Å²) in [5.74, 6) is 6.33. The van der Waals surface area contributed by atoms with E-state index < -0.39 is 5.60 Å². The third kappa shape index (κ3) is 4.09. The zero-order valence-corrected chi connectivity index (χ0v) is 14.3. The molecule has 0 radical (unpaired) electrons. The van der Waals surface area contributed by atoms with Crippen LogP contribution in [-0.2, 0) is 0 Å². The predicted molar refractivity (Wildman–Crippen MR) is 89.4 cm³/mol. The van der Waals surface area contributed by atoms with Gasteiger partial charge in [0, 0.05) is 29.8 Å². The van der Waals surface area contributed by atoms with Gasteiger partial charge in [-0.3, -0.25) is 4.98 Å². The van der Waals surface area contributed by atoms with Crippen LogP contribution < -0.4 is 4.90 Å². The number of likely N-dealkylation sites (tertiary alicyclic amines) is 1. The summed E-state index contributed by atoms with van der Waals surface area (Å²) in [6.07, 6.45) is 7.53. The number of hydrogen-bond acceptors (Lipinski definition) is 2. The molecule has 0 bridgehead atoms. The molecule has 2 N–H and O–H groups in total. The van der Waals surface area contributed by atoms with Crippen molar-refractivity contribution in [1.82, 2.24) is 4.98 Å². The summed E-state index contributed by atoms with van der Waals surface area (Å²) in [7, 11) is 0. The lowest BCUT2D eigenvalue weighted by Gasteiger charge is -2.33. The lowest BCUT2D eigenvalue weighted by molar-refractivity contribution is -0.930. The molecule has 2 rings (SSSR count). The zero-order chi connectivity index (χ0) is 16.2. The van der Waals surface area contributed by atoms with Gasteiger partial charge in [-0.05, 0) is 31.8 Å². The topological polar surface area (TPSA) is 37.6 Å². The van der Waals surface area contributed by atoms with E-state index in [4.69, 9.17) is 0 Å². The maximum Gasteiger partial charge on any atom is 0.139 e. The minimum absolute atomic E-state index is 0.236. The van der Waals surface area contributed by atoms with Crippen molar-refractivity contribution in [3.8, 4) is 11.8 Å². The van der Waals surface area contributed by atoms with Crippen molar-refractivity contribution in [3.05, 3.63) is 30.1 Å². The predicted octanol–water partition coefficient (Wildman–Crippen LogP) is 1.99. The van der Waals surface area contributed by atoms with E-state index in [0.717, 1.165) is 13.1 Å². The first-order chi connectivity index (χ1) is 10.3. The van der Waals surface area contributed by atoms with Crippen LogP contribution in [-0.4, -0.2) is 28.8 Å². The highest BCUT2D eigenvalue weighted by Gasteiger charge is 2.33. The summed E-state index contributed by atoms with van der Waals surface area (Å²) in [5, 5.41) is 10.5. The summed E-state index contributed by atoms with van der Waals surface area (Å²) >= 11 is 0. The molecular weight excluding hydrogens is 272 g/mol. The number of rotatable bonds is 2. The molecule has 1 aromatic heterocycles. The second-order valence-electron chi connectivity index (χ2n) is 7.54. The van der Waals surface area contributed by atoms with Gasteiger partial charge in [-0.25, -0.2) is 0 Å². The summed E-state index contributed by atoms with van der Waals surface area (Å²) in [6, 6.07) is 4.66. The Kier molecular flexibility index (Phi) is 5.26. The zero-order valence-electron chi connectivity index (χ0n) is 14.3. The van der Waals surface area contributed by atoms with Gasteiger partial charge >= 0.3 is 0 Å². The van der Waals surface area contributed by atoms with Gasteiger partial charge in [0.15, 0.2) is 0 Å². The fourth-order valence-electron chi connectivity index (χ4n) is 2.79. The SMILES string of the molecule is CC(C)(C)[C@@](C)(O)C#CC[NH+]1CCCC[C@@H]1c1cccnc1. The monoisotopic (exact) mass is 301 g/mol. The first-order valence-corrected chi connectivity index (χ1v) is 8.28. The van der Waals surface area contributed by atoms with Crippen LogP contribution in [0.25, 0.3) is 0 Å². The van der Waals surface area contributed by atoms with E-state index in [-0.39, 0.29) is 5.41 Å². The molecule has 0 aromatic carbocycles. The molecule has 1 aliphatic rings. The van der Waals surface area contributed by atoms with E-state index in [1.54, 1.807) is 0 Å². The van der Waals surface area contributed by atoms with Crippen molar-refractivity contribution in [2.75, 3.05) is 13.1 Å². The summed E-state index contributed by atoms with van der Waals surface area (Å²) in [5.41, 5.74) is 0.119. The van der Waals surface area contributed by atoms with Crippen molar-refractivity contribution >= 4 is 0 Å². The molecule has 3 atom stereocenters. The van der Waals surface area contributed by atoms with Crippen molar-refractivity contribution in [1.29, 1.82) is 0 Å². The van der Waals surface area contributed by atoms with Crippen LogP contribution in [0.15, 0.2) is 24.5 Å². The molecule has 0 spiro atoms. The molecule has 2 heterocycles. The fraction of sp³-hybridized carbons (Fsp3) is 0.632. The minimum Gasteiger partial charge on any atom is -0.377 e. The molecule has 22 heavy (non-hydrogen) atoms. The molecule has 0 amide bonds. The van der Waals surface area contributed by atoms with Gasteiger partial charge in [0.25, 0.3) is 0 Å². The van der Waals surface area contributed by atoms with Gasteiger partial charge < -0.3 is 10.0 Å². The van der Waals surface area contributed by atoms with Crippen LogP contribution >= 0.6 is 0 Å². The van der Waals surface area contributed by atoms with Crippen molar-refractivity contribution in [2.24, 2.45) is 5.41 Å². The van der Waals surface area contributed by atoms with E-state index in [2.05, 4.69) is 22.9 Å². The largest absolute Gasteiger partial charge is 0.377 e. The lowest BCUT2D eigenvalue weighted by Crippen LogP contribution is -3.13. The second-order valence-corrected chi connectivity index (χ2v) is 7.54. The molecule has 1 fully saturated rings. The normalized spacial score (nSPS) is 25.0. The van der Waals surface area contributed by atoms with Crippen molar-refractivity contribution in [2.45, 2.75) is 58.6 Å². The molecule has 3 heteroatoms. The number of hydrogen-bond donors (Lipinski definition) is 2. The first-order valence-electron chi connectivity index (χ1n) is 8.28. The Bertz CT molecular complexity index is 534. The van der Waals surface area contributed by atoms with Crippen LogP contribution in [0, 0.1) is 17.3 Å². The highest BCUT2D eigenvalue weighted by Crippen LogP contribution is 2.28. The standard InChI is InChI=1S/C19H28N2O/c1-18(2,3)19(4,22)11-8-14-21-13-6-5-10-17(21)16-9-7-12-20-15-16/h7,9,12,15,17,22H,5-6,10,13-14H2,1-4H3/p+1/t17-,19+/m1/s1. The third-order valence-electron chi connectivity index (χ3n) is 4.93. The first kappa shape index (κ1) is 17.0. The molecule has 1 saturated heterocycles. The number of quaternary nitrogens is 1. The van der Waals surface area contributed by atoms with Crippen LogP contribution in [0.3, 0.4) is 0 Å². The van der Waals surface area contributed by atoms with Crippen LogP contribution in [0.4, 0.5) is 0 Å². The summed E-state index contributed by atoms with van der Waals surface area (Å²) in [6.45, 7) is 9.80. The number of pyridine rings is 1. The van der Waals surface area contributed by atoms with Gasteiger partial charge in [-0.1, -0.05) is 32.8 Å². The Morgan fingerprint density at radius 1 is 1.32 bits per heavy atom. The maximum atomic E-state index is 10.5. The van der Waals surface area contributed by atoms with Crippen LogP contribution in [0.5, 0.6) is 0 Å². The molecule has 1 aromatic rings. The third-order valence-corrected chi connectivity index (χ3v) is 4.93. The van der Waals surface area contributed by atoms with E-state index in [1.807, 2.05) is 46.2 Å². The number of piperidine rings is 1. The average molecular weight is 301 g/mol. The molecule has 1 unspecified atom stereocenters. The molecule has 3 nitrogen and oxygen atoms in total. The molecule has 0 saturated carbocycles. The van der Waals surface area contributed by atoms with Crippen molar-refractivity contribution in [3.63, 3.8) is 0 Å². The van der Waals surface area contributed by atoms with Gasteiger partial charge in [0.2, 0.25) is 0 Å². The summed E-state index contributed by atoms with van der Waals surface area (Å²) < 4.78 is 0. The molecule has 0 aliphatic carbocycles. The average Bonchev–Trinajstić information content (AvgIpc) is 2.47. The number of nitrogens with zero attached hydrogens (tertiary/aromatic N) is 1. The van der Waals surface area contributed by atoms with Crippen LogP contribution in [0.2, 0.25) is 0 Å². The number of aromatic nitrogens is 1. The molecule has 1 aliphatic heterocycles. The molecule has 120 valence electrons. The van der Waals surface area contributed by atoms with Crippen LogP contribution in [0.1, 0.15) is 58.6 Å². The quantitative estimate of drug-likeness (QED) is 0.820. The van der Waals surface area contributed by atoms with E-state index >= 15 is 0 Å². The minimum atomic E-state index is -0.952. The second kappa shape index (κ2) is 6.81. The number of nitrogens with one attached hydrogen (secondary N) is 1. The van der Waals surface area contributed by atoms with Crippen molar-refractivity contribution < 1.29 is 10.0 Å². The van der Waals surface area contributed by atoms with Gasteiger partial charge in [-0.15, -0.1) is 0 Å². The fourth-order valence-corrected chi connectivity index (χ4v) is 2.79. The highest BCUT2D eigenvalue weighted by atomic mass is 16.3. The smallest absolute Gasteiger partial charge is 0.139 e. The van der Waals surface area contributed by atoms with Gasteiger partial charge in [-0.2, -0.15) is 0 Å². The highest BCUT2D eigenvalue weighted by molar-refractivity contribution is 5.17. The Hall–Kier alpha value is -1.37. The Morgan fingerprint density at radius 2 is 2.09 bits per heavy atom.